The Morgan fingerprint density at radius 1 is 0.935 bits per heavy atom. The average molecular weight is 656 g/mol. The van der Waals surface area contributed by atoms with E-state index in [-0.39, 0.29) is 0 Å². The number of fused-ring (bicyclic) bond motifs is 5. The Hall–Kier alpha value is -3.83. The molecule has 0 bridgehead atoms. The number of rotatable bonds is 6. The highest BCUT2D eigenvalue weighted by Gasteiger charge is 2.36. The minimum atomic E-state index is -2.73. The van der Waals surface area contributed by atoms with Crippen LogP contribution in [0.5, 0.6) is 5.75 Å². The Kier molecular flexibility index (Phi) is 7.56. The molecule has 0 spiro atoms. The molecule has 238 valence electrons. The average Bonchev–Trinajstić information content (AvgIpc) is 3.53. The van der Waals surface area contributed by atoms with Gasteiger partial charge in [0.1, 0.15) is 25.0 Å². The predicted octanol–water partition coefficient (Wildman–Crippen LogP) is 5.35. The number of piperazine rings is 1. The molecule has 46 heavy (non-hydrogen) atoms. The van der Waals surface area contributed by atoms with Crippen molar-refractivity contribution in [3.05, 3.63) is 54.2 Å². The van der Waals surface area contributed by atoms with Gasteiger partial charge in [0.05, 0.1) is 38.5 Å². The molecule has 2 atom stereocenters. The van der Waals surface area contributed by atoms with Crippen LogP contribution in [0.4, 0.5) is 28.8 Å². The third-order valence-corrected chi connectivity index (χ3v) is 11.8. The number of hydrogen-bond acceptors (Lipinski definition) is 12. The summed E-state index contributed by atoms with van der Waals surface area (Å²) in [6.45, 7) is 9.88. The molecule has 3 aromatic heterocycles. The Balaban J connectivity index is 1.04. The zero-order chi connectivity index (χ0) is 31.4. The number of nitrogens with zero attached hydrogens (tertiary/aromatic N) is 7. The Bertz CT molecular complexity index is 1970. The van der Waals surface area contributed by atoms with Crippen LogP contribution < -0.4 is 25.6 Å². The van der Waals surface area contributed by atoms with Gasteiger partial charge in [-0.05, 0) is 68.9 Å². The largest absolute Gasteiger partial charge is 0.489 e. The molecule has 2 saturated heterocycles. The summed E-state index contributed by atoms with van der Waals surface area (Å²) in [5.74, 6) is 1.99. The van der Waals surface area contributed by atoms with Crippen molar-refractivity contribution in [1.82, 2.24) is 29.7 Å². The van der Waals surface area contributed by atoms with Crippen LogP contribution in [-0.4, -0.2) is 102 Å². The van der Waals surface area contributed by atoms with Crippen LogP contribution in [0.25, 0.3) is 21.3 Å². The molecule has 5 aromatic rings. The van der Waals surface area contributed by atoms with Crippen molar-refractivity contribution in [1.29, 1.82) is 0 Å². The molecule has 13 heteroatoms. The highest BCUT2D eigenvalue weighted by atomic mass is 32.1. The van der Waals surface area contributed by atoms with E-state index >= 15 is 0 Å². The van der Waals surface area contributed by atoms with E-state index in [9.17, 15) is 4.57 Å². The number of ether oxygens (including phenoxy) is 1. The van der Waals surface area contributed by atoms with Crippen molar-refractivity contribution in [3.8, 4) is 5.75 Å². The molecule has 0 radical (unpaired) electrons. The molecule has 8 rings (SSSR count). The quantitative estimate of drug-likeness (QED) is 0.231. The van der Waals surface area contributed by atoms with Crippen LogP contribution >= 0.6 is 18.5 Å². The van der Waals surface area contributed by atoms with Crippen LogP contribution in [0.15, 0.2) is 54.2 Å². The summed E-state index contributed by atoms with van der Waals surface area (Å²) in [5.41, 5.74) is 4.88. The standard InChI is InChI=1S/C33H38N9O2PS/c1-40-13-15-41(16-14-40)22-8-12-42-23(19-22)20-44-28-18-21(4-7-27(28)42)36-33-38-26-9-17-46-31(26)32(39-33)37-25-6-5-24-29(35-11-10-34-24)30(25)45(2,3)43/h4-7,9-11,17-18,22-23H,8,12-16,19-20H2,1-3H3,(H2,36,37,38,39)/t22-,23+/m0/s1. The fourth-order valence-corrected chi connectivity index (χ4v) is 9.25. The number of aromatic nitrogens is 4. The molecule has 3 aliphatic heterocycles. The number of nitrogens with one attached hydrogen (secondary N) is 2. The van der Waals surface area contributed by atoms with Gasteiger partial charge in [-0.15, -0.1) is 11.3 Å². The van der Waals surface area contributed by atoms with Crippen LogP contribution in [0.3, 0.4) is 0 Å². The first-order valence-corrected chi connectivity index (χ1v) is 19.3. The zero-order valence-corrected chi connectivity index (χ0v) is 28.0. The Morgan fingerprint density at radius 3 is 2.63 bits per heavy atom. The summed E-state index contributed by atoms with van der Waals surface area (Å²) in [4.78, 5) is 26.3. The number of piperidine rings is 1. The van der Waals surface area contributed by atoms with Crippen molar-refractivity contribution >= 4 is 73.9 Å². The van der Waals surface area contributed by atoms with Crippen molar-refractivity contribution in [2.45, 2.75) is 24.9 Å². The molecule has 3 aliphatic rings. The molecular formula is C33H38N9O2PS. The summed E-state index contributed by atoms with van der Waals surface area (Å²) in [6, 6.07) is 13.1. The monoisotopic (exact) mass is 655 g/mol. The zero-order valence-electron chi connectivity index (χ0n) is 26.3. The van der Waals surface area contributed by atoms with Gasteiger partial charge in [0, 0.05) is 62.9 Å². The van der Waals surface area contributed by atoms with Gasteiger partial charge in [-0.1, -0.05) is 0 Å². The van der Waals surface area contributed by atoms with Crippen LogP contribution in [0.2, 0.25) is 0 Å². The molecular weight excluding hydrogens is 617 g/mol. The highest BCUT2D eigenvalue weighted by molar-refractivity contribution is 7.71. The molecule has 0 amide bonds. The Morgan fingerprint density at radius 2 is 1.78 bits per heavy atom. The molecule has 0 unspecified atom stereocenters. The van der Waals surface area contributed by atoms with Gasteiger partial charge in [0.15, 0.2) is 5.82 Å². The predicted molar refractivity (Wildman–Crippen MR) is 188 cm³/mol. The fraction of sp³-hybridized carbons (Fsp3) is 0.394. The van der Waals surface area contributed by atoms with E-state index in [2.05, 4.69) is 60.5 Å². The van der Waals surface area contributed by atoms with E-state index in [0.29, 0.717) is 52.5 Å². The van der Waals surface area contributed by atoms with E-state index < -0.39 is 7.14 Å². The van der Waals surface area contributed by atoms with Gasteiger partial charge in [0.2, 0.25) is 5.95 Å². The first-order valence-electron chi connectivity index (χ1n) is 15.8. The third-order valence-electron chi connectivity index (χ3n) is 9.41. The molecule has 0 aliphatic carbocycles. The van der Waals surface area contributed by atoms with E-state index in [1.807, 2.05) is 23.6 Å². The lowest BCUT2D eigenvalue weighted by Gasteiger charge is -2.48. The highest BCUT2D eigenvalue weighted by Crippen LogP contribution is 2.43. The van der Waals surface area contributed by atoms with Gasteiger partial charge < -0.3 is 29.7 Å². The fourth-order valence-electron chi connectivity index (χ4n) is 7.08. The molecule has 2 aromatic carbocycles. The third kappa shape index (κ3) is 5.57. The van der Waals surface area contributed by atoms with E-state index in [0.717, 1.165) is 66.5 Å². The smallest absolute Gasteiger partial charge is 0.229 e. The van der Waals surface area contributed by atoms with Crippen molar-refractivity contribution in [3.63, 3.8) is 0 Å². The lowest BCUT2D eigenvalue weighted by atomic mass is 9.93. The summed E-state index contributed by atoms with van der Waals surface area (Å²) >= 11 is 1.56. The lowest BCUT2D eigenvalue weighted by Crippen LogP contribution is -2.57. The van der Waals surface area contributed by atoms with Crippen molar-refractivity contribution < 1.29 is 9.30 Å². The molecule has 11 nitrogen and oxygen atoms in total. The Labute approximate surface area is 272 Å². The summed E-state index contributed by atoms with van der Waals surface area (Å²) < 4.78 is 20.8. The van der Waals surface area contributed by atoms with Crippen molar-refractivity contribution in [2.75, 3.05) is 75.2 Å². The van der Waals surface area contributed by atoms with Crippen LogP contribution in [0, 0.1) is 0 Å². The van der Waals surface area contributed by atoms with E-state index in [1.54, 1.807) is 37.1 Å². The molecule has 2 N–H and O–H groups in total. The lowest BCUT2D eigenvalue weighted by molar-refractivity contribution is 0.0822. The first-order chi connectivity index (χ1) is 22.3. The maximum absolute atomic E-state index is 13.5. The topological polar surface area (TPSA) is 112 Å². The normalized spacial score (nSPS) is 20.7. The summed E-state index contributed by atoms with van der Waals surface area (Å²) in [5, 5.41) is 9.56. The van der Waals surface area contributed by atoms with Gasteiger partial charge >= 0.3 is 0 Å². The van der Waals surface area contributed by atoms with Gasteiger partial charge in [-0.3, -0.25) is 14.9 Å². The number of hydrogen-bond donors (Lipinski definition) is 2. The van der Waals surface area contributed by atoms with Crippen molar-refractivity contribution in [2.24, 2.45) is 0 Å². The SMILES string of the molecule is CN1CCN([C@H]2CCN3c4ccc(Nc5nc(Nc6ccc7nccnc7c6P(C)(C)=O)c6sccc6n5)cc4OC[C@H]3C2)CC1. The minimum Gasteiger partial charge on any atom is -0.489 e. The molecule has 0 saturated carbocycles. The first kappa shape index (κ1) is 29.6. The van der Waals surface area contributed by atoms with Gasteiger partial charge in [-0.2, -0.15) is 4.98 Å². The maximum Gasteiger partial charge on any atom is 0.229 e. The van der Waals surface area contributed by atoms with E-state index in [1.165, 1.54) is 6.42 Å². The second-order valence-electron chi connectivity index (χ2n) is 12.9. The summed E-state index contributed by atoms with van der Waals surface area (Å²) in [7, 11) is -0.513. The summed E-state index contributed by atoms with van der Waals surface area (Å²) in [6.07, 6.45) is 5.61. The second kappa shape index (κ2) is 11.8. The molecule has 2 fully saturated rings. The van der Waals surface area contributed by atoms with Gasteiger partial charge in [-0.25, -0.2) is 4.98 Å². The maximum atomic E-state index is 13.5. The van der Waals surface area contributed by atoms with Crippen LogP contribution in [-0.2, 0) is 4.57 Å². The minimum absolute atomic E-state index is 0.398. The second-order valence-corrected chi connectivity index (χ2v) is 16.9. The number of anilines is 5. The molecule has 6 heterocycles. The van der Waals surface area contributed by atoms with E-state index in [4.69, 9.17) is 14.7 Å². The number of thiophene rings is 1. The van der Waals surface area contributed by atoms with Gasteiger partial charge in [0.25, 0.3) is 0 Å². The van der Waals surface area contributed by atoms with Crippen LogP contribution in [0.1, 0.15) is 12.8 Å². The number of benzene rings is 2. The number of likely N-dealkylation sites (N-methyl/N-ethyl adjacent to an activating group) is 1.